The Labute approximate surface area is 180 Å². The minimum Gasteiger partial charge on any atom is -0.497 e. The molecule has 0 radical (unpaired) electrons. The van der Waals surface area contributed by atoms with Gasteiger partial charge in [0.25, 0.3) is 5.56 Å². The van der Waals surface area contributed by atoms with Crippen LogP contribution < -0.4 is 15.6 Å². The van der Waals surface area contributed by atoms with Gasteiger partial charge in [-0.05, 0) is 30.3 Å². The van der Waals surface area contributed by atoms with Crippen molar-refractivity contribution >= 4 is 50.2 Å². The van der Waals surface area contributed by atoms with E-state index >= 15 is 0 Å². The first-order valence-corrected chi connectivity index (χ1v) is 10.6. The van der Waals surface area contributed by atoms with Crippen molar-refractivity contribution in [3.8, 4) is 5.75 Å². The van der Waals surface area contributed by atoms with Crippen LogP contribution >= 0.6 is 27.7 Å². The topological polar surface area (TPSA) is 82.4 Å². The minimum absolute atomic E-state index is 0.110. The summed E-state index contributed by atoms with van der Waals surface area (Å²) in [5.74, 6) is 0.566. The van der Waals surface area contributed by atoms with Gasteiger partial charge in [-0.1, -0.05) is 33.8 Å². The summed E-state index contributed by atoms with van der Waals surface area (Å²) in [6.45, 7) is 0.718. The maximum atomic E-state index is 12.9. The predicted octanol–water partition coefficient (Wildman–Crippen LogP) is 3.54. The van der Waals surface area contributed by atoms with Crippen molar-refractivity contribution in [2.75, 3.05) is 31.9 Å². The second kappa shape index (κ2) is 9.91. The number of ether oxygens (including phenoxy) is 2. The molecule has 0 atom stereocenters. The number of hydrogen-bond acceptors (Lipinski definition) is 6. The van der Waals surface area contributed by atoms with Crippen molar-refractivity contribution in [3.63, 3.8) is 0 Å². The summed E-state index contributed by atoms with van der Waals surface area (Å²) in [5, 5.41) is 3.81. The Bertz CT molecular complexity index is 1090. The Kier molecular flexibility index (Phi) is 7.29. The Morgan fingerprint density at radius 3 is 2.83 bits per heavy atom. The lowest BCUT2D eigenvalue weighted by atomic mass is 10.2. The van der Waals surface area contributed by atoms with Gasteiger partial charge in [-0.25, -0.2) is 4.98 Å². The van der Waals surface area contributed by atoms with Gasteiger partial charge in [0.2, 0.25) is 5.91 Å². The van der Waals surface area contributed by atoms with Crippen LogP contribution in [0.3, 0.4) is 0 Å². The van der Waals surface area contributed by atoms with Crippen LogP contribution in [0.4, 0.5) is 5.69 Å². The standard InChI is InChI=1S/C20H20BrN3O4S/c1-27-9-8-24-19(26)16-10-13(21)6-7-17(16)23-20(24)29-12-18(25)22-14-4-3-5-15(11-14)28-2/h3-7,10-11H,8-9,12H2,1-2H3,(H,22,25). The van der Waals surface area contributed by atoms with Gasteiger partial charge in [-0.2, -0.15) is 0 Å². The zero-order valence-corrected chi connectivity index (χ0v) is 18.4. The highest BCUT2D eigenvalue weighted by Crippen LogP contribution is 2.22. The molecule has 0 unspecified atom stereocenters. The number of nitrogens with one attached hydrogen (secondary N) is 1. The Balaban J connectivity index is 1.81. The molecule has 0 bridgehead atoms. The van der Waals surface area contributed by atoms with E-state index in [1.54, 1.807) is 55.2 Å². The van der Waals surface area contributed by atoms with Crippen LogP contribution in [0.1, 0.15) is 0 Å². The lowest BCUT2D eigenvalue weighted by molar-refractivity contribution is -0.113. The molecule has 0 saturated carbocycles. The van der Waals surface area contributed by atoms with E-state index in [9.17, 15) is 9.59 Å². The maximum Gasteiger partial charge on any atom is 0.262 e. The van der Waals surface area contributed by atoms with E-state index in [1.807, 2.05) is 6.07 Å². The van der Waals surface area contributed by atoms with Gasteiger partial charge >= 0.3 is 0 Å². The molecule has 0 spiro atoms. The second-order valence-electron chi connectivity index (χ2n) is 6.07. The average molecular weight is 478 g/mol. The molecule has 9 heteroatoms. The predicted molar refractivity (Wildman–Crippen MR) is 118 cm³/mol. The molecular weight excluding hydrogens is 458 g/mol. The van der Waals surface area contributed by atoms with E-state index in [1.165, 1.54) is 11.8 Å². The molecule has 0 saturated heterocycles. The number of rotatable bonds is 8. The number of halogens is 1. The third kappa shape index (κ3) is 5.37. The molecule has 1 amide bonds. The fraction of sp³-hybridized carbons (Fsp3) is 0.250. The van der Waals surface area contributed by atoms with Crippen LogP contribution in [0.25, 0.3) is 10.9 Å². The van der Waals surface area contributed by atoms with Crippen molar-refractivity contribution in [1.29, 1.82) is 0 Å². The van der Waals surface area contributed by atoms with E-state index in [0.29, 0.717) is 40.6 Å². The fourth-order valence-electron chi connectivity index (χ4n) is 2.69. The number of hydrogen-bond donors (Lipinski definition) is 1. The van der Waals surface area contributed by atoms with E-state index in [4.69, 9.17) is 9.47 Å². The maximum absolute atomic E-state index is 12.9. The van der Waals surface area contributed by atoms with Gasteiger partial charge in [0.1, 0.15) is 5.75 Å². The number of nitrogens with zero attached hydrogens (tertiary/aromatic N) is 2. The van der Waals surface area contributed by atoms with E-state index < -0.39 is 0 Å². The van der Waals surface area contributed by atoms with Crippen LogP contribution in [0.2, 0.25) is 0 Å². The Morgan fingerprint density at radius 2 is 2.07 bits per heavy atom. The molecule has 0 fully saturated rings. The van der Waals surface area contributed by atoms with E-state index in [0.717, 1.165) is 4.47 Å². The van der Waals surface area contributed by atoms with Crippen molar-refractivity contribution in [2.24, 2.45) is 0 Å². The highest BCUT2D eigenvalue weighted by atomic mass is 79.9. The first-order valence-electron chi connectivity index (χ1n) is 8.77. The highest BCUT2D eigenvalue weighted by molar-refractivity contribution is 9.10. The molecular formula is C20H20BrN3O4S. The quantitative estimate of drug-likeness (QED) is 0.394. The number of methoxy groups -OCH3 is 2. The second-order valence-corrected chi connectivity index (χ2v) is 7.93. The lowest BCUT2D eigenvalue weighted by Crippen LogP contribution is -2.26. The molecule has 3 aromatic rings. The molecule has 2 aromatic carbocycles. The molecule has 0 aliphatic carbocycles. The number of carbonyl (C=O) groups is 1. The average Bonchev–Trinajstić information content (AvgIpc) is 2.72. The molecule has 1 heterocycles. The number of anilines is 1. The van der Waals surface area contributed by atoms with Gasteiger partial charge in [0.15, 0.2) is 5.16 Å². The number of amides is 1. The van der Waals surface area contributed by atoms with Gasteiger partial charge in [-0.3, -0.25) is 14.2 Å². The van der Waals surface area contributed by atoms with Crippen LogP contribution in [0.5, 0.6) is 5.75 Å². The monoisotopic (exact) mass is 477 g/mol. The molecule has 1 N–H and O–H groups in total. The van der Waals surface area contributed by atoms with Crippen molar-refractivity contribution in [2.45, 2.75) is 11.7 Å². The summed E-state index contributed by atoms with van der Waals surface area (Å²) in [5.41, 5.74) is 1.06. The third-order valence-electron chi connectivity index (χ3n) is 4.09. The molecule has 29 heavy (non-hydrogen) atoms. The summed E-state index contributed by atoms with van der Waals surface area (Å²) in [4.78, 5) is 29.9. The van der Waals surface area contributed by atoms with Crippen LogP contribution in [0.15, 0.2) is 56.9 Å². The molecule has 3 rings (SSSR count). The van der Waals surface area contributed by atoms with Crippen LogP contribution in [-0.4, -0.2) is 42.0 Å². The summed E-state index contributed by atoms with van der Waals surface area (Å²) >= 11 is 4.60. The van der Waals surface area contributed by atoms with Crippen molar-refractivity contribution in [1.82, 2.24) is 9.55 Å². The van der Waals surface area contributed by atoms with Gasteiger partial charge in [0.05, 0.1) is 36.9 Å². The molecule has 152 valence electrons. The summed E-state index contributed by atoms with van der Waals surface area (Å²) < 4.78 is 12.6. The van der Waals surface area contributed by atoms with Crippen LogP contribution in [-0.2, 0) is 16.1 Å². The highest BCUT2D eigenvalue weighted by Gasteiger charge is 2.14. The number of fused-ring (bicyclic) bond motifs is 1. The number of aromatic nitrogens is 2. The Hall–Kier alpha value is -2.36. The molecule has 0 aliphatic rings. The van der Waals surface area contributed by atoms with Gasteiger partial charge in [0, 0.05) is 23.3 Å². The summed E-state index contributed by atoms with van der Waals surface area (Å²) in [6.07, 6.45) is 0. The fourth-order valence-corrected chi connectivity index (χ4v) is 3.88. The first kappa shape index (κ1) is 21.4. The third-order valence-corrected chi connectivity index (χ3v) is 5.56. The smallest absolute Gasteiger partial charge is 0.262 e. The van der Waals surface area contributed by atoms with Gasteiger partial charge in [-0.15, -0.1) is 0 Å². The Morgan fingerprint density at radius 1 is 1.24 bits per heavy atom. The molecule has 1 aromatic heterocycles. The van der Waals surface area contributed by atoms with E-state index in [-0.39, 0.29) is 17.2 Å². The number of carbonyl (C=O) groups excluding carboxylic acids is 1. The summed E-state index contributed by atoms with van der Waals surface area (Å²) in [7, 11) is 3.14. The number of benzene rings is 2. The zero-order valence-electron chi connectivity index (χ0n) is 16.0. The van der Waals surface area contributed by atoms with Crippen molar-refractivity contribution in [3.05, 3.63) is 57.3 Å². The SMILES string of the molecule is COCCn1c(SCC(=O)Nc2cccc(OC)c2)nc2ccc(Br)cc2c1=O. The van der Waals surface area contributed by atoms with Crippen LogP contribution in [0, 0.1) is 0 Å². The first-order chi connectivity index (χ1) is 14.0. The van der Waals surface area contributed by atoms with E-state index in [2.05, 4.69) is 26.2 Å². The lowest BCUT2D eigenvalue weighted by Gasteiger charge is -2.13. The van der Waals surface area contributed by atoms with Crippen molar-refractivity contribution < 1.29 is 14.3 Å². The van der Waals surface area contributed by atoms with Gasteiger partial charge < -0.3 is 14.8 Å². The molecule has 7 nitrogen and oxygen atoms in total. The minimum atomic E-state index is -0.202. The normalized spacial score (nSPS) is 10.9. The zero-order chi connectivity index (χ0) is 20.8. The number of thioether (sulfide) groups is 1. The largest absolute Gasteiger partial charge is 0.497 e. The summed E-state index contributed by atoms with van der Waals surface area (Å²) in [6, 6.07) is 12.5. The molecule has 0 aliphatic heterocycles.